The van der Waals surface area contributed by atoms with Crippen molar-refractivity contribution in [1.29, 1.82) is 0 Å². The molecule has 3 atom stereocenters. The number of fused-ring (bicyclic) bond motifs is 1. The van der Waals surface area contributed by atoms with Crippen molar-refractivity contribution in [3.05, 3.63) is 87.5 Å². The minimum atomic E-state index is -0.357. The Morgan fingerprint density at radius 1 is 1.11 bits per heavy atom. The zero-order valence-electron chi connectivity index (χ0n) is 20.0. The van der Waals surface area contributed by atoms with Crippen LogP contribution in [-0.4, -0.2) is 42.6 Å². The number of tetrazole rings is 1. The number of hydrogen-bond acceptors (Lipinski definition) is 5. The lowest BCUT2D eigenvalue weighted by Gasteiger charge is -2.28. The Morgan fingerprint density at radius 3 is 2.53 bits per heavy atom. The number of carbonyl (C=O) groups excluding carboxylic acids is 1. The average Bonchev–Trinajstić information content (AvgIpc) is 3.51. The number of amides is 1. The number of allylic oxidation sites excluding steroid dienone is 4. The zero-order valence-corrected chi connectivity index (χ0v) is 21.5. The molecule has 1 aliphatic rings. The summed E-state index contributed by atoms with van der Waals surface area (Å²) in [6.45, 7) is 6.69. The van der Waals surface area contributed by atoms with Gasteiger partial charge in [-0.3, -0.25) is 4.79 Å². The van der Waals surface area contributed by atoms with Crippen molar-refractivity contribution in [3.63, 3.8) is 0 Å². The third-order valence-corrected chi connectivity index (χ3v) is 7.34. The molecule has 5 rings (SSSR count). The van der Waals surface area contributed by atoms with E-state index >= 15 is 0 Å². The molecular formula is C26H25Cl2N7O. The number of aromatic nitrogens is 6. The van der Waals surface area contributed by atoms with Crippen LogP contribution in [0, 0.1) is 25.7 Å². The van der Waals surface area contributed by atoms with Crippen LogP contribution in [0.4, 0.5) is 0 Å². The first-order chi connectivity index (χ1) is 17.3. The Hall–Kier alpha value is -3.49. The molecule has 2 unspecified atom stereocenters. The number of halogens is 2. The summed E-state index contributed by atoms with van der Waals surface area (Å²) in [5.74, 6) is 0.807. The number of carbonyl (C=O) groups is 1. The second-order valence-corrected chi connectivity index (χ2v) is 9.95. The lowest BCUT2D eigenvalue weighted by atomic mass is 9.79. The first kappa shape index (κ1) is 24.2. The Balaban J connectivity index is 1.43. The summed E-state index contributed by atoms with van der Waals surface area (Å²) < 4.78 is 1.42. The van der Waals surface area contributed by atoms with Crippen LogP contribution in [0.15, 0.2) is 54.9 Å². The molecule has 0 aliphatic heterocycles. The van der Waals surface area contributed by atoms with Crippen molar-refractivity contribution < 1.29 is 4.79 Å². The standard InChI is InChI=1S/C26H25Cl2N7O/c1-14-6-4-5-7-18(14)19(25-31-22-8-15(2)16(3)9-23(22)32-25)12-29-26(36)24-20(27)10-17(11-21(24)28)35-13-30-33-34-35/h4-11,13-14,18-19H,12H2,1-3H3,(H,29,36)(H,31,32)/t14?,18?,19-/m0/s1. The average molecular weight is 522 g/mol. The van der Waals surface area contributed by atoms with E-state index in [0.29, 0.717) is 12.2 Å². The monoisotopic (exact) mass is 521 g/mol. The largest absolute Gasteiger partial charge is 0.351 e. The maximum absolute atomic E-state index is 13.3. The van der Waals surface area contributed by atoms with Gasteiger partial charge in [0.2, 0.25) is 0 Å². The number of nitrogens with one attached hydrogen (secondary N) is 2. The normalized spacial score (nSPS) is 18.0. The van der Waals surface area contributed by atoms with Gasteiger partial charge >= 0.3 is 0 Å². The van der Waals surface area contributed by atoms with Gasteiger partial charge in [0, 0.05) is 12.5 Å². The molecule has 2 N–H and O–H groups in total. The fourth-order valence-electron chi connectivity index (χ4n) is 4.60. The van der Waals surface area contributed by atoms with E-state index in [2.05, 4.69) is 70.9 Å². The topological polar surface area (TPSA) is 101 Å². The lowest BCUT2D eigenvalue weighted by Crippen LogP contribution is -2.34. The minimum absolute atomic E-state index is 0.0868. The summed E-state index contributed by atoms with van der Waals surface area (Å²) in [6, 6.07) is 7.42. The summed E-state index contributed by atoms with van der Waals surface area (Å²) in [4.78, 5) is 21.7. The van der Waals surface area contributed by atoms with E-state index in [4.69, 9.17) is 28.2 Å². The predicted octanol–water partition coefficient (Wildman–Crippen LogP) is 5.35. The highest BCUT2D eigenvalue weighted by Crippen LogP contribution is 2.34. The summed E-state index contributed by atoms with van der Waals surface area (Å²) >= 11 is 12.9. The number of imidazole rings is 1. The number of nitrogens with zero attached hydrogens (tertiary/aromatic N) is 5. The van der Waals surface area contributed by atoms with Gasteiger partial charge in [-0.25, -0.2) is 9.67 Å². The number of benzene rings is 2. The highest BCUT2D eigenvalue weighted by molar-refractivity contribution is 6.40. The van der Waals surface area contributed by atoms with Crippen molar-refractivity contribution in [1.82, 2.24) is 35.5 Å². The maximum Gasteiger partial charge on any atom is 0.254 e. The molecule has 0 saturated heterocycles. The molecule has 10 heteroatoms. The second kappa shape index (κ2) is 9.87. The first-order valence-corrected chi connectivity index (χ1v) is 12.4. The van der Waals surface area contributed by atoms with Crippen molar-refractivity contribution >= 4 is 40.1 Å². The van der Waals surface area contributed by atoms with Crippen LogP contribution >= 0.6 is 23.2 Å². The van der Waals surface area contributed by atoms with E-state index in [9.17, 15) is 4.79 Å². The van der Waals surface area contributed by atoms with Gasteiger partial charge in [-0.15, -0.1) is 5.10 Å². The first-order valence-electron chi connectivity index (χ1n) is 11.6. The molecule has 4 aromatic rings. The highest BCUT2D eigenvalue weighted by Gasteiger charge is 2.30. The highest BCUT2D eigenvalue weighted by atomic mass is 35.5. The zero-order chi connectivity index (χ0) is 25.4. The molecule has 1 amide bonds. The minimum Gasteiger partial charge on any atom is -0.351 e. The molecule has 8 nitrogen and oxygen atoms in total. The van der Waals surface area contributed by atoms with Crippen LogP contribution in [0.2, 0.25) is 10.0 Å². The smallest absolute Gasteiger partial charge is 0.254 e. The third kappa shape index (κ3) is 4.66. The fourth-order valence-corrected chi connectivity index (χ4v) is 5.24. The molecule has 1 aliphatic carbocycles. The van der Waals surface area contributed by atoms with Gasteiger partial charge in [0.25, 0.3) is 5.91 Å². The number of aryl methyl sites for hydroxylation is 2. The van der Waals surface area contributed by atoms with Gasteiger partial charge in [-0.05, 0) is 71.5 Å². The molecule has 184 valence electrons. The molecule has 2 heterocycles. The van der Waals surface area contributed by atoms with Gasteiger partial charge in [0.05, 0.1) is 32.3 Å². The summed E-state index contributed by atoms with van der Waals surface area (Å²) in [6.07, 6.45) is 9.86. The van der Waals surface area contributed by atoms with Gasteiger partial charge in [0.15, 0.2) is 0 Å². The molecule has 0 fully saturated rings. The van der Waals surface area contributed by atoms with Crippen molar-refractivity contribution in [3.8, 4) is 5.69 Å². The molecule has 2 aromatic heterocycles. The SMILES string of the molecule is Cc1cc2nc([C@@H](CNC(=O)c3c(Cl)cc(-n4cnnn4)cc3Cl)C3C=CC=CC3C)[nH]c2cc1C. The third-order valence-electron chi connectivity index (χ3n) is 6.75. The molecule has 0 radical (unpaired) electrons. The van der Waals surface area contributed by atoms with Crippen LogP contribution in [0.25, 0.3) is 16.7 Å². The molecule has 0 bridgehead atoms. The Bertz CT molecular complexity index is 1430. The van der Waals surface area contributed by atoms with E-state index in [1.807, 2.05) is 12.2 Å². The Morgan fingerprint density at radius 2 is 1.83 bits per heavy atom. The van der Waals surface area contributed by atoms with Gasteiger partial charge in [-0.2, -0.15) is 0 Å². The number of aromatic amines is 1. The molecule has 2 aromatic carbocycles. The van der Waals surface area contributed by atoms with E-state index in [1.54, 1.807) is 12.1 Å². The van der Waals surface area contributed by atoms with Crippen molar-refractivity contribution in [2.45, 2.75) is 26.7 Å². The molecular weight excluding hydrogens is 497 g/mol. The van der Waals surface area contributed by atoms with Gasteiger partial charge < -0.3 is 10.3 Å². The van der Waals surface area contributed by atoms with Crippen molar-refractivity contribution in [2.75, 3.05) is 6.54 Å². The maximum atomic E-state index is 13.3. The number of rotatable bonds is 6. The van der Waals surface area contributed by atoms with Gasteiger partial charge in [-0.1, -0.05) is 54.4 Å². The quantitative estimate of drug-likeness (QED) is 0.355. The second-order valence-electron chi connectivity index (χ2n) is 9.14. The fraction of sp³-hybridized carbons (Fsp3) is 0.269. The van der Waals surface area contributed by atoms with E-state index in [0.717, 1.165) is 16.9 Å². The Kier molecular flexibility index (Phi) is 6.64. The van der Waals surface area contributed by atoms with Crippen LogP contribution in [0.3, 0.4) is 0 Å². The summed E-state index contributed by atoms with van der Waals surface area (Å²) in [7, 11) is 0. The van der Waals surface area contributed by atoms with E-state index in [-0.39, 0.29) is 39.3 Å². The van der Waals surface area contributed by atoms with Crippen LogP contribution in [0.1, 0.15) is 40.2 Å². The van der Waals surface area contributed by atoms with E-state index in [1.165, 1.54) is 22.1 Å². The molecule has 0 saturated carbocycles. The van der Waals surface area contributed by atoms with E-state index < -0.39 is 0 Å². The molecule has 0 spiro atoms. The number of H-pyrrole nitrogens is 1. The summed E-state index contributed by atoms with van der Waals surface area (Å²) in [5.41, 5.74) is 5.05. The number of hydrogen-bond donors (Lipinski definition) is 2. The van der Waals surface area contributed by atoms with Crippen LogP contribution < -0.4 is 5.32 Å². The van der Waals surface area contributed by atoms with Crippen LogP contribution in [0.5, 0.6) is 0 Å². The summed E-state index contributed by atoms with van der Waals surface area (Å²) in [5, 5.41) is 14.5. The van der Waals surface area contributed by atoms with Crippen LogP contribution in [-0.2, 0) is 0 Å². The lowest BCUT2D eigenvalue weighted by molar-refractivity contribution is 0.0948. The predicted molar refractivity (Wildman–Crippen MR) is 141 cm³/mol. The Labute approximate surface area is 218 Å². The van der Waals surface area contributed by atoms with Gasteiger partial charge in [0.1, 0.15) is 12.2 Å². The molecule has 36 heavy (non-hydrogen) atoms. The van der Waals surface area contributed by atoms with Crippen molar-refractivity contribution in [2.24, 2.45) is 11.8 Å².